The highest BCUT2D eigenvalue weighted by Crippen LogP contribution is 2.22. The summed E-state index contributed by atoms with van der Waals surface area (Å²) in [5.74, 6) is -0.108. The second kappa shape index (κ2) is 9.66. The molecule has 0 saturated carbocycles. The predicted molar refractivity (Wildman–Crippen MR) is 90.6 cm³/mol. The molecular weight excluding hydrogens is 294 g/mol. The van der Waals surface area contributed by atoms with E-state index in [0.717, 1.165) is 35.3 Å². The van der Waals surface area contributed by atoms with Gasteiger partial charge in [0.05, 0.1) is 7.11 Å². The molecule has 0 aliphatic carbocycles. The van der Waals surface area contributed by atoms with Crippen LogP contribution in [0.1, 0.15) is 42.4 Å². The molecule has 126 valence electrons. The van der Waals surface area contributed by atoms with E-state index in [1.165, 1.54) is 6.08 Å². The molecule has 0 aliphatic rings. The molecule has 0 unspecified atom stereocenters. The lowest BCUT2D eigenvalue weighted by Crippen LogP contribution is -2.22. The van der Waals surface area contributed by atoms with Gasteiger partial charge >= 0.3 is 5.97 Å². The molecule has 0 bridgehead atoms. The number of unbranched alkanes of at least 4 members (excludes halogenated alkanes) is 2. The van der Waals surface area contributed by atoms with Gasteiger partial charge in [-0.3, -0.25) is 9.59 Å². The van der Waals surface area contributed by atoms with Gasteiger partial charge in [0.25, 0.3) is 0 Å². The molecule has 2 N–H and O–H groups in total. The number of rotatable bonds is 9. The first kappa shape index (κ1) is 18.7. The van der Waals surface area contributed by atoms with E-state index >= 15 is 0 Å². The molecule has 23 heavy (non-hydrogen) atoms. The third-order valence-electron chi connectivity index (χ3n) is 3.57. The standard InChI is InChI=1S/C18H25NO4/c1-13-11-15(23-3)12-14(2)16(13)8-9-17(20)19-10-6-4-5-7-18(21)22/h8-9,11-12H,4-7,10H2,1-3H3,(H,19,20)(H,21,22)/b9-8+. The Kier molecular flexibility index (Phi) is 7.88. The zero-order chi connectivity index (χ0) is 17.2. The molecule has 0 spiro atoms. The van der Waals surface area contributed by atoms with Gasteiger partial charge in [-0.25, -0.2) is 0 Å². The van der Waals surface area contributed by atoms with Crippen molar-refractivity contribution in [3.8, 4) is 5.75 Å². The summed E-state index contributed by atoms with van der Waals surface area (Å²) in [6.45, 7) is 4.52. The topological polar surface area (TPSA) is 75.6 Å². The van der Waals surface area contributed by atoms with Gasteiger partial charge < -0.3 is 15.2 Å². The average Bonchev–Trinajstić information content (AvgIpc) is 2.49. The van der Waals surface area contributed by atoms with E-state index in [0.29, 0.717) is 13.0 Å². The highest BCUT2D eigenvalue weighted by Gasteiger charge is 2.04. The van der Waals surface area contributed by atoms with Gasteiger partial charge in [-0.1, -0.05) is 6.42 Å². The highest BCUT2D eigenvalue weighted by molar-refractivity contribution is 5.92. The van der Waals surface area contributed by atoms with E-state index in [4.69, 9.17) is 9.84 Å². The Balaban J connectivity index is 2.42. The van der Waals surface area contributed by atoms with Crippen molar-refractivity contribution in [3.63, 3.8) is 0 Å². The van der Waals surface area contributed by atoms with E-state index in [1.54, 1.807) is 7.11 Å². The Morgan fingerprint density at radius 3 is 2.39 bits per heavy atom. The van der Waals surface area contributed by atoms with Gasteiger partial charge in [0.15, 0.2) is 0 Å². The van der Waals surface area contributed by atoms with Gasteiger partial charge in [-0.15, -0.1) is 0 Å². The lowest BCUT2D eigenvalue weighted by Gasteiger charge is -2.08. The first-order valence-corrected chi connectivity index (χ1v) is 7.77. The van der Waals surface area contributed by atoms with Crippen molar-refractivity contribution >= 4 is 18.0 Å². The van der Waals surface area contributed by atoms with Crippen LogP contribution in [0.4, 0.5) is 0 Å². The van der Waals surface area contributed by atoms with E-state index in [-0.39, 0.29) is 12.3 Å². The van der Waals surface area contributed by atoms with Gasteiger partial charge in [-0.2, -0.15) is 0 Å². The summed E-state index contributed by atoms with van der Waals surface area (Å²) in [6.07, 6.45) is 5.75. The van der Waals surface area contributed by atoms with Gasteiger partial charge in [0, 0.05) is 19.0 Å². The van der Waals surface area contributed by atoms with E-state index in [9.17, 15) is 9.59 Å². The molecule has 0 fully saturated rings. The molecule has 5 heteroatoms. The van der Waals surface area contributed by atoms with Crippen molar-refractivity contribution in [2.75, 3.05) is 13.7 Å². The van der Waals surface area contributed by atoms with Crippen molar-refractivity contribution in [1.82, 2.24) is 5.32 Å². The summed E-state index contributed by atoms with van der Waals surface area (Å²) in [7, 11) is 1.63. The molecule has 0 aliphatic heterocycles. The van der Waals surface area contributed by atoms with E-state index in [2.05, 4.69) is 5.32 Å². The Labute approximate surface area is 137 Å². The van der Waals surface area contributed by atoms with Gasteiger partial charge in [0.2, 0.25) is 5.91 Å². The van der Waals surface area contributed by atoms with Gasteiger partial charge in [-0.05, 0) is 61.6 Å². The number of nitrogens with one attached hydrogen (secondary N) is 1. The SMILES string of the molecule is COc1cc(C)c(/C=C/C(=O)NCCCCCC(=O)O)c(C)c1. The fourth-order valence-corrected chi connectivity index (χ4v) is 2.32. The number of carboxylic acid groups (broad SMARTS) is 1. The van der Waals surface area contributed by atoms with Crippen LogP contribution in [0.3, 0.4) is 0 Å². The predicted octanol–water partition coefficient (Wildman–Crippen LogP) is 3.09. The van der Waals surface area contributed by atoms with Crippen molar-refractivity contribution in [1.29, 1.82) is 0 Å². The summed E-state index contributed by atoms with van der Waals surface area (Å²) in [4.78, 5) is 22.2. The fraction of sp³-hybridized carbons (Fsp3) is 0.444. The monoisotopic (exact) mass is 319 g/mol. The Hall–Kier alpha value is -2.30. The molecule has 0 aromatic heterocycles. The van der Waals surface area contributed by atoms with Gasteiger partial charge in [0.1, 0.15) is 5.75 Å². The van der Waals surface area contributed by atoms with Crippen LogP contribution in [0, 0.1) is 13.8 Å². The molecule has 5 nitrogen and oxygen atoms in total. The Morgan fingerprint density at radius 1 is 1.17 bits per heavy atom. The number of aryl methyl sites for hydroxylation is 2. The molecule has 0 radical (unpaired) electrons. The second-order valence-corrected chi connectivity index (χ2v) is 5.50. The maximum atomic E-state index is 11.8. The van der Waals surface area contributed by atoms with Crippen molar-refractivity contribution in [2.24, 2.45) is 0 Å². The average molecular weight is 319 g/mol. The Bertz CT molecular complexity index is 555. The van der Waals surface area contributed by atoms with Crippen LogP contribution in [-0.2, 0) is 9.59 Å². The smallest absolute Gasteiger partial charge is 0.303 e. The number of methoxy groups -OCH3 is 1. The van der Waals surface area contributed by atoms with Crippen LogP contribution in [0.25, 0.3) is 6.08 Å². The summed E-state index contributed by atoms with van der Waals surface area (Å²) in [6, 6.07) is 3.88. The maximum Gasteiger partial charge on any atom is 0.303 e. The second-order valence-electron chi connectivity index (χ2n) is 5.50. The largest absolute Gasteiger partial charge is 0.497 e. The summed E-state index contributed by atoms with van der Waals surface area (Å²) in [5.41, 5.74) is 3.13. The molecule has 0 atom stereocenters. The lowest BCUT2D eigenvalue weighted by molar-refractivity contribution is -0.137. The molecule has 1 aromatic rings. The number of carbonyl (C=O) groups excluding carboxylic acids is 1. The normalized spacial score (nSPS) is 10.7. The molecule has 1 rings (SSSR count). The zero-order valence-corrected chi connectivity index (χ0v) is 14.0. The summed E-state index contributed by atoms with van der Waals surface area (Å²) in [5, 5.41) is 11.3. The number of carboxylic acids is 1. The number of hydrogen-bond donors (Lipinski definition) is 2. The molecular formula is C18H25NO4. The molecule has 0 saturated heterocycles. The van der Waals surface area contributed by atoms with Crippen LogP contribution in [0.2, 0.25) is 0 Å². The Morgan fingerprint density at radius 2 is 1.83 bits per heavy atom. The van der Waals surface area contributed by atoms with Crippen molar-refractivity contribution in [2.45, 2.75) is 39.5 Å². The minimum atomic E-state index is -0.776. The first-order valence-electron chi connectivity index (χ1n) is 7.77. The number of aliphatic carboxylic acids is 1. The van der Waals surface area contributed by atoms with Crippen LogP contribution in [0.15, 0.2) is 18.2 Å². The minimum Gasteiger partial charge on any atom is -0.497 e. The first-order chi connectivity index (χ1) is 10.9. The number of carbonyl (C=O) groups is 2. The van der Waals surface area contributed by atoms with Crippen molar-refractivity contribution < 1.29 is 19.4 Å². The summed E-state index contributed by atoms with van der Waals surface area (Å²) >= 11 is 0. The molecule has 1 amide bonds. The fourth-order valence-electron chi connectivity index (χ4n) is 2.32. The highest BCUT2D eigenvalue weighted by atomic mass is 16.5. The molecule has 1 aromatic carbocycles. The number of ether oxygens (including phenoxy) is 1. The summed E-state index contributed by atoms with van der Waals surface area (Å²) < 4.78 is 5.22. The zero-order valence-electron chi connectivity index (χ0n) is 14.0. The lowest BCUT2D eigenvalue weighted by atomic mass is 10.0. The number of amides is 1. The third-order valence-corrected chi connectivity index (χ3v) is 3.57. The van der Waals surface area contributed by atoms with Crippen LogP contribution in [-0.4, -0.2) is 30.6 Å². The molecule has 0 heterocycles. The van der Waals surface area contributed by atoms with Crippen LogP contribution < -0.4 is 10.1 Å². The van der Waals surface area contributed by atoms with Crippen molar-refractivity contribution in [3.05, 3.63) is 34.9 Å². The van der Waals surface area contributed by atoms with Crippen LogP contribution >= 0.6 is 0 Å². The number of benzene rings is 1. The van der Waals surface area contributed by atoms with Crippen LogP contribution in [0.5, 0.6) is 5.75 Å². The third kappa shape index (κ3) is 7.00. The quantitative estimate of drug-likeness (QED) is 0.542. The van der Waals surface area contributed by atoms with E-state index < -0.39 is 5.97 Å². The number of hydrogen-bond acceptors (Lipinski definition) is 3. The van der Waals surface area contributed by atoms with E-state index in [1.807, 2.05) is 32.1 Å². The maximum absolute atomic E-state index is 11.8. The minimum absolute atomic E-state index is 0.141.